The number of benzene rings is 2. The van der Waals surface area contributed by atoms with E-state index in [1.807, 2.05) is 0 Å². The van der Waals surface area contributed by atoms with Crippen molar-refractivity contribution in [2.24, 2.45) is 0 Å². The van der Waals surface area contributed by atoms with Gasteiger partial charge in [-0.25, -0.2) is 4.39 Å². The van der Waals surface area contributed by atoms with E-state index in [1.165, 1.54) is 31.4 Å². The van der Waals surface area contributed by atoms with Gasteiger partial charge < -0.3 is 10.1 Å². The molecule has 0 bridgehead atoms. The monoisotopic (exact) mass is 400 g/mol. The largest absolute Gasteiger partial charge is 0.497 e. The number of carbonyl (C=O) groups is 3. The first-order valence-corrected chi connectivity index (χ1v) is 9.23. The van der Waals surface area contributed by atoms with Crippen LogP contribution in [0.5, 0.6) is 5.75 Å². The van der Waals surface area contributed by atoms with Crippen LogP contribution in [0.4, 0.5) is 9.18 Å². The molecule has 3 rings (SSSR count). The normalized spacial score (nSPS) is 15.2. The van der Waals surface area contributed by atoms with Gasteiger partial charge >= 0.3 is 0 Å². The van der Waals surface area contributed by atoms with Crippen molar-refractivity contribution in [3.63, 3.8) is 0 Å². The van der Waals surface area contributed by atoms with E-state index in [0.29, 0.717) is 16.9 Å². The number of rotatable bonds is 6. The van der Waals surface area contributed by atoms with Gasteiger partial charge in [-0.3, -0.25) is 19.3 Å². The van der Waals surface area contributed by atoms with Gasteiger partial charge in [0.15, 0.2) is 0 Å². The molecule has 6 nitrogen and oxygen atoms in total. The van der Waals surface area contributed by atoms with E-state index in [9.17, 15) is 18.8 Å². The third-order valence-corrected chi connectivity index (χ3v) is 4.90. The van der Waals surface area contributed by atoms with Crippen LogP contribution in [0.2, 0.25) is 0 Å². The quantitative estimate of drug-likeness (QED) is 0.753. The van der Waals surface area contributed by atoms with Crippen molar-refractivity contribution in [3.05, 3.63) is 70.4 Å². The third-order valence-electron chi connectivity index (χ3n) is 3.99. The lowest BCUT2D eigenvalue weighted by molar-refractivity contribution is -0.122. The van der Waals surface area contributed by atoms with Crippen LogP contribution in [0.15, 0.2) is 53.4 Å². The van der Waals surface area contributed by atoms with E-state index < -0.39 is 11.1 Å². The second kappa shape index (κ2) is 8.71. The van der Waals surface area contributed by atoms with Crippen LogP contribution in [0.25, 0.3) is 6.08 Å². The molecule has 8 heteroatoms. The fourth-order valence-corrected chi connectivity index (χ4v) is 3.42. The van der Waals surface area contributed by atoms with Gasteiger partial charge in [0.1, 0.15) is 11.6 Å². The molecule has 0 aromatic heterocycles. The standard InChI is InChI=1S/C20H17FN2O4S/c1-27-16-4-2-3-14(12-16)18(24)22-9-10-23-19(25)17(28-20(23)26)11-13-5-7-15(21)8-6-13/h2-8,11-12H,9-10H2,1H3,(H,22,24)/b17-11-. The predicted molar refractivity (Wildman–Crippen MR) is 104 cm³/mol. The summed E-state index contributed by atoms with van der Waals surface area (Å²) in [7, 11) is 1.51. The maximum atomic E-state index is 13.0. The van der Waals surface area contributed by atoms with Crippen LogP contribution in [-0.4, -0.2) is 42.2 Å². The number of thioether (sulfide) groups is 1. The lowest BCUT2D eigenvalue weighted by atomic mass is 10.2. The highest BCUT2D eigenvalue weighted by Crippen LogP contribution is 2.31. The summed E-state index contributed by atoms with van der Waals surface area (Å²) in [4.78, 5) is 38.1. The van der Waals surface area contributed by atoms with Crippen molar-refractivity contribution < 1.29 is 23.5 Å². The zero-order chi connectivity index (χ0) is 20.1. The van der Waals surface area contributed by atoms with Gasteiger partial charge in [0.25, 0.3) is 17.1 Å². The molecule has 0 spiro atoms. The molecule has 144 valence electrons. The summed E-state index contributed by atoms with van der Waals surface area (Å²) in [6, 6.07) is 12.3. The van der Waals surface area contributed by atoms with E-state index >= 15 is 0 Å². The summed E-state index contributed by atoms with van der Waals surface area (Å²) in [5.74, 6) is -0.579. The van der Waals surface area contributed by atoms with Crippen LogP contribution in [0.3, 0.4) is 0 Å². The van der Waals surface area contributed by atoms with Crippen LogP contribution >= 0.6 is 11.8 Å². The Morgan fingerprint density at radius 1 is 1.21 bits per heavy atom. The van der Waals surface area contributed by atoms with E-state index in [1.54, 1.807) is 30.3 Å². The molecule has 1 saturated heterocycles. The summed E-state index contributed by atoms with van der Waals surface area (Å²) < 4.78 is 18.1. The highest BCUT2D eigenvalue weighted by molar-refractivity contribution is 8.18. The van der Waals surface area contributed by atoms with Crippen LogP contribution in [-0.2, 0) is 4.79 Å². The molecule has 1 aliphatic rings. The molecule has 1 aliphatic heterocycles. The third kappa shape index (κ3) is 4.58. The minimum Gasteiger partial charge on any atom is -0.497 e. The summed E-state index contributed by atoms with van der Waals surface area (Å²) in [6.07, 6.45) is 1.54. The molecule has 0 saturated carbocycles. The Labute approximate surface area is 165 Å². The Balaban J connectivity index is 1.58. The highest BCUT2D eigenvalue weighted by Gasteiger charge is 2.34. The van der Waals surface area contributed by atoms with Crippen LogP contribution in [0, 0.1) is 5.82 Å². The predicted octanol–water partition coefficient (Wildman–Crippen LogP) is 3.30. The highest BCUT2D eigenvalue weighted by atomic mass is 32.2. The first kappa shape index (κ1) is 19.6. The number of carbonyl (C=O) groups excluding carboxylic acids is 3. The van der Waals surface area contributed by atoms with E-state index in [4.69, 9.17) is 4.74 Å². The molecule has 0 aliphatic carbocycles. The van der Waals surface area contributed by atoms with Crippen molar-refractivity contribution in [3.8, 4) is 5.75 Å². The van der Waals surface area contributed by atoms with Crippen molar-refractivity contribution in [1.82, 2.24) is 10.2 Å². The van der Waals surface area contributed by atoms with Gasteiger partial charge in [-0.05, 0) is 53.7 Å². The molecule has 28 heavy (non-hydrogen) atoms. The second-order valence-electron chi connectivity index (χ2n) is 5.87. The number of amides is 3. The first-order chi connectivity index (χ1) is 13.5. The fraction of sp³-hybridized carbons (Fsp3) is 0.150. The van der Waals surface area contributed by atoms with Crippen molar-refractivity contribution >= 4 is 34.9 Å². The molecule has 2 aromatic carbocycles. The van der Waals surface area contributed by atoms with Crippen LogP contribution < -0.4 is 10.1 Å². The van der Waals surface area contributed by atoms with E-state index in [0.717, 1.165) is 16.7 Å². The lowest BCUT2D eigenvalue weighted by Gasteiger charge is -2.13. The number of imide groups is 1. The maximum Gasteiger partial charge on any atom is 0.293 e. The average Bonchev–Trinajstić information content (AvgIpc) is 2.97. The average molecular weight is 400 g/mol. The summed E-state index contributed by atoms with van der Waals surface area (Å²) in [5.41, 5.74) is 1.04. The zero-order valence-electron chi connectivity index (χ0n) is 15.0. The second-order valence-corrected chi connectivity index (χ2v) is 6.87. The van der Waals surface area contributed by atoms with Crippen molar-refractivity contribution in [2.45, 2.75) is 0 Å². The number of nitrogens with zero attached hydrogens (tertiary/aromatic N) is 1. The summed E-state index contributed by atoms with van der Waals surface area (Å²) in [5, 5.41) is 2.27. The molecular weight excluding hydrogens is 383 g/mol. The van der Waals surface area contributed by atoms with E-state index in [-0.39, 0.29) is 29.7 Å². The van der Waals surface area contributed by atoms with Gasteiger partial charge in [0.2, 0.25) is 0 Å². The lowest BCUT2D eigenvalue weighted by Crippen LogP contribution is -2.37. The van der Waals surface area contributed by atoms with Gasteiger partial charge in [-0.15, -0.1) is 0 Å². The van der Waals surface area contributed by atoms with E-state index in [2.05, 4.69) is 5.32 Å². The Morgan fingerprint density at radius 3 is 2.68 bits per heavy atom. The molecule has 0 atom stereocenters. The molecule has 0 radical (unpaired) electrons. The molecule has 3 amide bonds. The Bertz CT molecular complexity index is 943. The number of methoxy groups -OCH3 is 1. The van der Waals surface area contributed by atoms with Gasteiger partial charge in [-0.2, -0.15) is 0 Å². The summed E-state index contributed by atoms with van der Waals surface area (Å²) >= 11 is 0.817. The minimum absolute atomic E-state index is 0.0567. The zero-order valence-corrected chi connectivity index (χ0v) is 15.8. The van der Waals surface area contributed by atoms with Crippen molar-refractivity contribution in [2.75, 3.05) is 20.2 Å². The number of hydrogen-bond donors (Lipinski definition) is 1. The molecular formula is C20H17FN2O4S. The van der Waals surface area contributed by atoms with Gasteiger partial charge in [0, 0.05) is 18.7 Å². The molecule has 1 fully saturated rings. The number of ether oxygens (including phenoxy) is 1. The number of nitrogens with one attached hydrogen (secondary N) is 1. The first-order valence-electron chi connectivity index (χ1n) is 8.41. The number of hydrogen-bond acceptors (Lipinski definition) is 5. The topological polar surface area (TPSA) is 75.7 Å². The summed E-state index contributed by atoms with van der Waals surface area (Å²) in [6.45, 7) is 0.180. The SMILES string of the molecule is COc1cccc(C(=O)NCCN2C(=O)S/C(=C\c3ccc(F)cc3)C2=O)c1. The smallest absolute Gasteiger partial charge is 0.293 e. The molecule has 0 unspecified atom stereocenters. The van der Waals surface area contributed by atoms with Gasteiger partial charge in [0.05, 0.1) is 12.0 Å². The van der Waals surface area contributed by atoms with Gasteiger partial charge in [-0.1, -0.05) is 18.2 Å². The van der Waals surface area contributed by atoms with Crippen LogP contribution in [0.1, 0.15) is 15.9 Å². The fourth-order valence-electron chi connectivity index (χ4n) is 2.55. The molecule has 1 heterocycles. The Hall–Kier alpha value is -3.13. The minimum atomic E-state index is -0.435. The maximum absolute atomic E-state index is 13.0. The Morgan fingerprint density at radius 2 is 1.96 bits per heavy atom. The molecule has 1 N–H and O–H groups in total. The molecule has 2 aromatic rings. The Kier molecular flexibility index (Phi) is 6.10. The number of halogens is 1. The van der Waals surface area contributed by atoms with Crippen molar-refractivity contribution in [1.29, 1.82) is 0 Å².